The zero-order chi connectivity index (χ0) is 20.1. The van der Waals surface area contributed by atoms with Gasteiger partial charge in [-0.1, -0.05) is 30.3 Å². The molecule has 7 nitrogen and oxygen atoms in total. The van der Waals surface area contributed by atoms with E-state index in [1.54, 1.807) is 14.0 Å². The van der Waals surface area contributed by atoms with Gasteiger partial charge in [0.15, 0.2) is 5.96 Å². The Morgan fingerprint density at radius 1 is 1.15 bits per heavy atom. The predicted molar refractivity (Wildman–Crippen MR) is 113 cm³/mol. The normalized spacial score (nSPS) is 13.6. The van der Waals surface area contributed by atoms with Crippen molar-refractivity contribution in [3.63, 3.8) is 0 Å². The molecule has 1 rings (SSSR count). The van der Waals surface area contributed by atoms with E-state index in [1.165, 1.54) is 5.56 Å². The average molecular weight is 398 g/mol. The number of benzene rings is 1. The van der Waals surface area contributed by atoms with Crippen LogP contribution in [0.4, 0.5) is 0 Å². The van der Waals surface area contributed by atoms with E-state index in [9.17, 15) is 8.42 Å². The fourth-order valence-corrected chi connectivity index (χ4v) is 3.15. The Bertz CT molecular complexity index is 649. The van der Waals surface area contributed by atoms with Crippen molar-refractivity contribution in [1.82, 2.24) is 20.3 Å². The molecule has 1 aromatic carbocycles. The highest BCUT2D eigenvalue weighted by Crippen LogP contribution is 2.07. The van der Waals surface area contributed by atoms with Crippen molar-refractivity contribution in [2.45, 2.75) is 39.3 Å². The van der Waals surface area contributed by atoms with Crippen LogP contribution in [0, 0.1) is 0 Å². The molecule has 0 saturated heterocycles. The van der Waals surface area contributed by atoms with E-state index in [1.807, 2.05) is 6.07 Å². The summed E-state index contributed by atoms with van der Waals surface area (Å²) in [6.07, 6.45) is 1.70. The highest BCUT2D eigenvalue weighted by Gasteiger charge is 2.10. The van der Waals surface area contributed by atoms with Crippen LogP contribution in [0.3, 0.4) is 0 Å². The van der Waals surface area contributed by atoms with Gasteiger partial charge in [0.05, 0.1) is 5.75 Å². The van der Waals surface area contributed by atoms with Crippen LogP contribution in [0.5, 0.6) is 0 Å². The van der Waals surface area contributed by atoms with E-state index in [2.05, 4.69) is 63.5 Å². The predicted octanol–water partition coefficient (Wildman–Crippen LogP) is 1.39. The van der Waals surface area contributed by atoms with Crippen LogP contribution >= 0.6 is 0 Å². The van der Waals surface area contributed by atoms with E-state index >= 15 is 0 Å². The van der Waals surface area contributed by atoms with Crippen molar-refractivity contribution in [2.24, 2.45) is 4.99 Å². The van der Waals surface area contributed by atoms with Crippen molar-refractivity contribution in [3.05, 3.63) is 35.9 Å². The minimum absolute atomic E-state index is 0.112. The summed E-state index contributed by atoms with van der Waals surface area (Å²) in [5.41, 5.74) is 1.32. The lowest BCUT2D eigenvalue weighted by atomic mass is 10.1. The molecule has 0 fully saturated rings. The highest BCUT2D eigenvalue weighted by atomic mass is 32.2. The minimum Gasteiger partial charge on any atom is -0.356 e. The second-order valence-corrected chi connectivity index (χ2v) is 8.71. The molecular weight excluding hydrogens is 362 g/mol. The third-order valence-corrected chi connectivity index (χ3v) is 5.86. The van der Waals surface area contributed by atoms with E-state index in [0.717, 1.165) is 25.5 Å². The molecule has 0 heterocycles. The molecule has 0 aliphatic rings. The molecule has 0 saturated carbocycles. The van der Waals surface area contributed by atoms with Gasteiger partial charge in [0, 0.05) is 39.3 Å². The maximum atomic E-state index is 11.4. The van der Waals surface area contributed by atoms with Gasteiger partial charge >= 0.3 is 0 Å². The second-order valence-electron chi connectivity index (χ2n) is 6.62. The lowest BCUT2D eigenvalue weighted by molar-refractivity contribution is 0.238. The molecule has 0 aromatic heterocycles. The molecule has 0 spiro atoms. The van der Waals surface area contributed by atoms with Gasteiger partial charge in [-0.05, 0) is 39.3 Å². The quantitative estimate of drug-likeness (QED) is 0.282. The zero-order valence-electron chi connectivity index (χ0n) is 17.0. The monoisotopic (exact) mass is 397 g/mol. The van der Waals surface area contributed by atoms with Gasteiger partial charge in [-0.2, -0.15) is 0 Å². The van der Waals surface area contributed by atoms with Gasteiger partial charge in [0.25, 0.3) is 0 Å². The first-order valence-corrected chi connectivity index (χ1v) is 11.2. The first-order valence-electron chi connectivity index (χ1n) is 9.54. The molecule has 0 bridgehead atoms. The van der Waals surface area contributed by atoms with Crippen molar-refractivity contribution >= 4 is 16.0 Å². The smallest absolute Gasteiger partial charge is 0.211 e. The summed E-state index contributed by atoms with van der Waals surface area (Å²) >= 11 is 0. The number of hydrogen-bond acceptors (Lipinski definition) is 4. The average Bonchev–Trinajstić information content (AvgIpc) is 2.66. The third kappa shape index (κ3) is 10.3. The summed E-state index contributed by atoms with van der Waals surface area (Å²) in [6, 6.07) is 10.9. The molecule has 154 valence electrons. The largest absolute Gasteiger partial charge is 0.356 e. The number of sulfonamides is 1. The van der Waals surface area contributed by atoms with Gasteiger partial charge in [-0.3, -0.25) is 9.89 Å². The summed E-state index contributed by atoms with van der Waals surface area (Å²) < 4.78 is 25.3. The number of guanidine groups is 1. The number of aliphatic imine (C=N–C) groups is 1. The first kappa shape index (κ1) is 23.4. The van der Waals surface area contributed by atoms with Crippen LogP contribution in [-0.2, 0) is 16.6 Å². The van der Waals surface area contributed by atoms with Crippen LogP contribution in [0.25, 0.3) is 0 Å². The van der Waals surface area contributed by atoms with Gasteiger partial charge in [-0.15, -0.1) is 0 Å². The Morgan fingerprint density at radius 3 is 2.44 bits per heavy atom. The SMILES string of the molecule is CCS(=O)(=O)NCCCNC(=NC)NCCC(C)N(C)Cc1ccccc1. The molecule has 3 N–H and O–H groups in total. The summed E-state index contributed by atoms with van der Waals surface area (Å²) in [4.78, 5) is 6.54. The molecule has 27 heavy (non-hydrogen) atoms. The summed E-state index contributed by atoms with van der Waals surface area (Å²) in [6.45, 7) is 6.70. The van der Waals surface area contributed by atoms with E-state index in [-0.39, 0.29) is 5.75 Å². The molecule has 0 aliphatic heterocycles. The van der Waals surface area contributed by atoms with Crippen molar-refractivity contribution < 1.29 is 8.42 Å². The maximum Gasteiger partial charge on any atom is 0.211 e. The van der Waals surface area contributed by atoms with Gasteiger partial charge in [-0.25, -0.2) is 13.1 Å². The number of rotatable bonds is 12. The lowest BCUT2D eigenvalue weighted by Gasteiger charge is -2.25. The van der Waals surface area contributed by atoms with Crippen LogP contribution in [0.2, 0.25) is 0 Å². The molecule has 8 heteroatoms. The van der Waals surface area contributed by atoms with E-state index in [4.69, 9.17) is 0 Å². The Morgan fingerprint density at radius 2 is 1.81 bits per heavy atom. The molecule has 0 aliphatic carbocycles. The molecule has 0 radical (unpaired) electrons. The number of nitrogens with zero attached hydrogens (tertiary/aromatic N) is 2. The van der Waals surface area contributed by atoms with Gasteiger partial charge < -0.3 is 10.6 Å². The Balaban J connectivity index is 2.20. The van der Waals surface area contributed by atoms with Gasteiger partial charge in [0.1, 0.15) is 0 Å². The third-order valence-electron chi connectivity index (χ3n) is 4.45. The zero-order valence-corrected chi connectivity index (χ0v) is 17.8. The Hall–Kier alpha value is -1.64. The second kappa shape index (κ2) is 12.7. The van der Waals surface area contributed by atoms with Crippen LogP contribution < -0.4 is 15.4 Å². The van der Waals surface area contributed by atoms with E-state index in [0.29, 0.717) is 25.6 Å². The minimum atomic E-state index is -3.11. The summed E-state index contributed by atoms with van der Waals surface area (Å²) in [5, 5.41) is 6.52. The van der Waals surface area contributed by atoms with Gasteiger partial charge in [0.2, 0.25) is 10.0 Å². The molecule has 1 aromatic rings. The molecule has 1 atom stereocenters. The Kier molecular flexibility index (Phi) is 11.0. The standard InChI is InChI=1S/C19H35N5O2S/c1-5-27(25,26)23-14-9-13-21-19(20-3)22-15-12-17(2)24(4)16-18-10-7-6-8-11-18/h6-8,10-11,17,23H,5,9,12-16H2,1-4H3,(H2,20,21,22). The molecule has 0 amide bonds. The van der Waals surface area contributed by atoms with E-state index < -0.39 is 10.0 Å². The van der Waals surface area contributed by atoms with Crippen molar-refractivity contribution in [1.29, 1.82) is 0 Å². The van der Waals surface area contributed by atoms with Crippen molar-refractivity contribution in [2.75, 3.05) is 39.5 Å². The number of hydrogen-bond donors (Lipinski definition) is 3. The Labute approximate surface area is 164 Å². The number of nitrogens with one attached hydrogen (secondary N) is 3. The summed E-state index contributed by atoms with van der Waals surface area (Å²) in [5.74, 6) is 0.854. The summed E-state index contributed by atoms with van der Waals surface area (Å²) in [7, 11) is 0.769. The highest BCUT2D eigenvalue weighted by molar-refractivity contribution is 7.89. The topological polar surface area (TPSA) is 85.8 Å². The van der Waals surface area contributed by atoms with Crippen molar-refractivity contribution in [3.8, 4) is 0 Å². The lowest BCUT2D eigenvalue weighted by Crippen LogP contribution is -2.41. The maximum absolute atomic E-state index is 11.4. The fraction of sp³-hybridized carbons (Fsp3) is 0.632. The van der Waals surface area contributed by atoms with Crippen LogP contribution in [-0.4, -0.2) is 64.8 Å². The van der Waals surface area contributed by atoms with Crippen LogP contribution in [0.1, 0.15) is 32.3 Å². The first-order chi connectivity index (χ1) is 12.9. The molecular formula is C19H35N5O2S. The van der Waals surface area contributed by atoms with Crippen LogP contribution in [0.15, 0.2) is 35.3 Å². The fourth-order valence-electron chi connectivity index (χ4n) is 2.49. The molecule has 1 unspecified atom stereocenters.